The summed E-state index contributed by atoms with van der Waals surface area (Å²) in [5, 5.41) is 3.45. The van der Waals surface area contributed by atoms with Crippen LogP contribution in [0.1, 0.15) is 10.4 Å². The monoisotopic (exact) mass is 218 g/mol. The second-order valence-corrected chi connectivity index (χ2v) is 3.66. The molecule has 0 atom stereocenters. The van der Waals surface area contributed by atoms with Crippen molar-refractivity contribution in [2.24, 2.45) is 0 Å². The smallest absolute Gasteiger partial charge is 0.195 e. The van der Waals surface area contributed by atoms with Crippen molar-refractivity contribution in [3.63, 3.8) is 0 Å². The zero-order valence-electron chi connectivity index (χ0n) is 7.96. The normalized spacial score (nSPS) is 15.0. The summed E-state index contributed by atoms with van der Waals surface area (Å²) >= 11 is 5.83. The second-order valence-electron chi connectivity index (χ2n) is 3.18. The van der Waals surface area contributed by atoms with Crippen LogP contribution in [0.2, 0.25) is 0 Å². The summed E-state index contributed by atoms with van der Waals surface area (Å²) in [4.78, 5) is 11.9. The number of ketones is 1. The summed E-state index contributed by atoms with van der Waals surface area (Å²) < 4.78 is 0. The SMILES string of the molecule is O=C(C1=[C]NCC(Cl)=C1)c1ccccc1. The molecule has 0 aliphatic carbocycles. The van der Waals surface area contributed by atoms with Crippen molar-refractivity contribution in [3.8, 4) is 0 Å². The third-order valence-electron chi connectivity index (χ3n) is 2.06. The van der Waals surface area contributed by atoms with E-state index >= 15 is 0 Å². The van der Waals surface area contributed by atoms with Gasteiger partial charge in [0.05, 0.1) is 12.7 Å². The van der Waals surface area contributed by atoms with Gasteiger partial charge in [-0.3, -0.25) is 4.79 Å². The largest absolute Gasteiger partial charge is 0.378 e. The minimum Gasteiger partial charge on any atom is -0.378 e. The number of dihydropyridines is 1. The third-order valence-corrected chi connectivity index (χ3v) is 2.30. The van der Waals surface area contributed by atoms with Gasteiger partial charge in [0, 0.05) is 16.2 Å². The quantitative estimate of drug-likeness (QED) is 0.772. The molecule has 75 valence electrons. The molecule has 3 heteroatoms. The van der Waals surface area contributed by atoms with Crippen LogP contribution < -0.4 is 5.32 Å². The fourth-order valence-corrected chi connectivity index (χ4v) is 1.51. The van der Waals surface area contributed by atoms with Crippen LogP contribution in [0, 0.1) is 6.20 Å². The van der Waals surface area contributed by atoms with E-state index < -0.39 is 0 Å². The fourth-order valence-electron chi connectivity index (χ4n) is 1.33. The van der Waals surface area contributed by atoms with E-state index in [0.29, 0.717) is 22.7 Å². The Hall–Kier alpha value is -1.54. The predicted molar refractivity (Wildman–Crippen MR) is 59.5 cm³/mol. The Morgan fingerprint density at radius 2 is 2.07 bits per heavy atom. The summed E-state index contributed by atoms with van der Waals surface area (Å²) in [7, 11) is 0. The summed E-state index contributed by atoms with van der Waals surface area (Å²) in [5.74, 6) is -0.0686. The molecule has 0 saturated carbocycles. The molecule has 1 aliphatic rings. The summed E-state index contributed by atoms with van der Waals surface area (Å²) in [6, 6.07) is 9.07. The number of allylic oxidation sites excluding steroid dienone is 2. The highest BCUT2D eigenvalue weighted by molar-refractivity contribution is 6.30. The van der Waals surface area contributed by atoms with Crippen LogP contribution in [0.5, 0.6) is 0 Å². The molecule has 0 fully saturated rings. The number of nitrogens with one attached hydrogen (secondary N) is 1. The minimum atomic E-state index is -0.0686. The Labute approximate surface area is 93.3 Å². The van der Waals surface area contributed by atoms with Gasteiger partial charge in [0.15, 0.2) is 5.78 Å². The van der Waals surface area contributed by atoms with Gasteiger partial charge in [0.25, 0.3) is 0 Å². The molecule has 1 aromatic carbocycles. The van der Waals surface area contributed by atoms with Crippen LogP contribution >= 0.6 is 11.6 Å². The van der Waals surface area contributed by atoms with Crippen molar-refractivity contribution < 1.29 is 4.79 Å². The number of hydrogen-bond acceptors (Lipinski definition) is 2. The van der Waals surface area contributed by atoms with E-state index in [4.69, 9.17) is 11.6 Å². The summed E-state index contributed by atoms with van der Waals surface area (Å²) in [6.45, 7) is 0.535. The Kier molecular flexibility index (Phi) is 2.88. The van der Waals surface area contributed by atoms with Gasteiger partial charge in [-0.2, -0.15) is 0 Å². The molecular formula is C12H9ClNO. The molecule has 15 heavy (non-hydrogen) atoms. The molecule has 1 heterocycles. The van der Waals surface area contributed by atoms with E-state index in [2.05, 4.69) is 11.5 Å². The lowest BCUT2D eigenvalue weighted by molar-refractivity contribution is 0.103. The highest BCUT2D eigenvalue weighted by Gasteiger charge is 2.13. The van der Waals surface area contributed by atoms with Gasteiger partial charge < -0.3 is 5.32 Å². The molecule has 0 aromatic heterocycles. The van der Waals surface area contributed by atoms with Gasteiger partial charge >= 0.3 is 0 Å². The minimum absolute atomic E-state index is 0.0686. The van der Waals surface area contributed by atoms with Crippen LogP contribution in [0.15, 0.2) is 47.0 Å². The van der Waals surface area contributed by atoms with E-state index in [0.717, 1.165) is 0 Å². The Balaban J connectivity index is 2.26. The summed E-state index contributed by atoms with van der Waals surface area (Å²) in [5.41, 5.74) is 1.11. The molecule has 2 rings (SSSR count). The van der Waals surface area contributed by atoms with Crippen molar-refractivity contribution in [1.29, 1.82) is 0 Å². The molecule has 0 bridgehead atoms. The molecule has 0 amide bonds. The van der Waals surface area contributed by atoms with Crippen LogP contribution in [0.3, 0.4) is 0 Å². The van der Waals surface area contributed by atoms with E-state index in [1.165, 1.54) is 0 Å². The molecular weight excluding hydrogens is 210 g/mol. The van der Waals surface area contributed by atoms with Crippen LogP contribution in [0.4, 0.5) is 0 Å². The summed E-state index contributed by atoms with van der Waals surface area (Å²) in [6.07, 6.45) is 4.45. The van der Waals surface area contributed by atoms with Crippen molar-refractivity contribution in [2.45, 2.75) is 0 Å². The van der Waals surface area contributed by atoms with Crippen molar-refractivity contribution >= 4 is 17.4 Å². The zero-order valence-corrected chi connectivity index (χ0v) is 8.71. The Morgan fingerprint density at radius 3 is 2.73 bits per heavy atom. The first-order valence-corrected chi connectivity index (χ1v) is 4.97. The van der Waals surface area contributed by atoms with Gasteiger partial charge in [-0.1, -0.05) is 41.9 Å². The van der Waals surface area contributed by atoms with Gasteiger partial charge in [-0.25, -0.2) is 0 Å². The molecule has 0 unspecified atom stereocenters. The molecule has 2 nitrogen and oxygen atoms in total. The average Bonchev–Trinajstić information content (AvgIpc) is 2.29. The lowest BCUT2D eigenvalue weighted by atomic mass is 10.0. The molecule has 1 N–H and O–H groups in total. The lowest BCUT2D eigenvalue weighted by Crippen LogP contribution is -2.17. The molecule has 0 saturated heterocycles. The van der Waals surface area contributed by atoms with E-state index in [1.54, 1.807) is 18.2 Å². The highest BCUT2D eigenvalue weighted by atomic mass is 35.5. The average molecular weight is 219 g/mol. The van der Waals surface area contributed by atoms with Crippen LogP contribution in [0.25, 0.3) is 0 Å². The van der Waals surface area contributed by atoms with Gasteiger partial charge in [-0.05, 0) is 6.08 Å². The van der Waals surface area contributed by atoms with E-state index in [9.17, 15) is 4.79 Å². The first-order chi connectivity index (χ1) is 7.27. The fraction of sp³-hybridized carbons (Fsp3) is 0.0833. The maximum absolute atomic E-state index is 11.9. The Bertz CT molecular complexity index is 434. The third kappa shape index (κ3) is 2.28. The number of carbonyl (C=O) groups excluding carboxylic acids is 1. The number of Topliss-reactive ketones (excluding diaryl/α,β-unsaturated/α-hetero) is 1. The number of carbonyl (C=O) groups is 1. The van der Waals surface area contributed by atoms with Crippen molar-refractivity contribution in [2.75, 3.05) is 6.54 Å². The standard InChI is InChI=1S/C12H9ClNO/c13-11-6-10(7-14-8-11)12(15)9-4-2-1-3-5-9/h1-6,14H,8H2. The number of rotatable bonds is 2. The number of halogens is 1. The van der Waals surface area contributed by atoms with Gasteiger partial charge in [0.2, 0.25) is 0 Å². The first kappa shape index (κ1) is 9.99. The molecule has 1 aliphatic heterocycles. The van der Waals surface area contributed by atoms with Crippen LogP contribution in [-0.2, 0) is 0 Å². The molecule has 0 spiro atoms. The van der Waals surface area contributed by atoms with Crippen molar-refractivity contribution in [1.82, 2.24) is 5.32 Å². The maximum atomic E-state index is 11.9. The number of hydrogen-bond donors (Lipinski definition) is 1. The van der Waals surface area contributed by atoms with Crippen molar-refractivity contribution in [3.05, 3.63) is 58.8 Å². The van der Waals surface area contributed by atoms with Gasteiger partial charge in [-0.15, -0.1) is 0 Å². The van der Waals surface area contributed by atoms with E-state index in [1.807, 2.05) is 18.2 Å². The topological polar surface area (TPSA) is 29.1 Å². The second kappa shape index (κ2) is 4.32. The molecule has 1 radical (unpaired) electrons. The highest BCUT2D eigenvalue weighted by Crippen LogP contribution is 2.14. The molecule has 1 aromatic rings. The predicted octanol–water partition coefficient (Wildman–Crippen LogP) is 2.28. The first-order valence-electron chi connectivity index (χ1n) is 4.59. The number of benzene rings is 1. The zero-order chi connectivity index (χ0) is 10.7. The van der Waals surface area contributed by atoms with Crippen LogP contribution in [-0.4, -0.2) is 12.3 Å². The van der Waals surface area contributed by atoms with Gasteiger partial charge in [0.1, 0.15) is 0 Å². The lowest BCUT2D eigenvalue weighted by Gasteiger charge is -2.09. The maximum Gasteiger partial charge on any atom is 0.195 e. The van der Waals surface area contributed by atoms with E-state index in [-0.39, 0.29) is 5.78 Å². The Morgan fingerprint density at radius 1 is 1.33 bits per heavy atom.